The molecule has 0 saturated heterocycles. The minimum absolute atomic E-state index is 0.180. The van der Waals surface area contributed by atoms with Crippen LogP contribution in [0.1, 0.15) is 35.1 Å². The van der Waals surface area contributed by atoms with Gasteiger partial charge in [-0.25, -0.2) is 4.79 Å². The van der Waals surface area contributed by atoms with E-state index >= 15 is 0 Å². The van der Waals surface area contributed by atoms with Crippen molar-refractivity contribution in [2.75, 3.05) is 6.61 Å². The van der Waals surface area contributed by atoms with Crippen LogP contribution in [0.2, 0.25) is 0 Å². The number of hydrogen-bond acceptors (Lipinski definition) is 5. The largest absolute Gasteiger partial charge is 0.461 e. The number of ether oxygens (including phenoxy) is 1. The number of hydrogen-bond donors (Lipinski definition) is 2. The van der Waals surface area contributed by atoms with Gasteiger partial charge in [0.25, 0.3) is 5.56 Å². The number of fused-ring (bicyclic) bond motifs is 3. The smallest absolute Gasteiger partial charge is 0.359 e. The molecule has 0 aromatic carbocycles. The van der Waals surface area contributed by atoms with E-state index in [1.165, 1.54) is 0 Å². The minimum atomic E-state index is -0.524. The summed E-state index contributed by atoms with van der Waals surface area (Å²) >= 11 is 0. The molecule has 114 valence electrons. The highest BCUT2D eigenvalue weighted by molar-refractivity contribution is 5.96. The molecule has 0 amide bonds. The first kappa shape index (κ1) is 14.1. The molecule has 1 aliphatic carbocycles. The normalized spacial score (nSPS) is 12.4. The standard InChI is InChI=1S/C14H15N5O3/c1-2-22-14(21)12-10-9(19(18-12)7-3-6-15)5-4-8-11(10)16-17-13(8)20/h2-5,7H2,1H3,(H2,16,17,20). The molecule has 2 aromatic rings. The topological polar surface area (TPSA) is 117 Å². The molecule has 2 N–H and O–H groups in total. The fourth-order valence-electron chi connectivity index (χ4n) is 2.78. The number of rotatable bonds is 4. The van der Waals surface area contributed by atoms with Crippen molar-refractivity contribution in [1.29, 1.82) is 5.26 Å². The SMILES string of the molecule is CCOC(=O)c1nn(CCC#N)c2c1-c1[nH][nH]c(=O)c1CC2. The average Bonchev–Trinajstić information content (AvgIpc) is 3.06. The predicted octanol–water partition coefficient (Wildman–Crippen LogP) is 0.755. The average molecular weight is 301 g/mol. The monoisotopic (exact) mass is 301 g/mol. The number of carbonyl (C=O) groups excluding carboxylic acids is 1. The summed E-state index contributed by atoms with van der Waals surface area (Å²) in [6.07, 6.45) is 1.47. The first-order valence-corrected chi connectivity index (χ1v) is 7.11. The molecule has 0 saturated carbocycles. The van der Waals surface area contributed by atoms with Gasteiger partial charge in [0.2, 0.25) is 0 Å². The first-order valence-electron chi connectivity index (χ1n) is 7.11. The summed E-state index contributed by atoms with van der Waals surface area (Å²) in [4.78, 5) is 23.9. The third kappa shape index (κ3) is 2.11. The predicted molar refractivity (Wildman–Crippen MR) is 76.2 cm³/mol. The number of H-pyrrole nitrogens is 2. The van der Waals surface area contributed by atoms with Gasteiger partial charge < -0.3 is 4.74 Å². The lowest BCUT2D eigenvalue weighted by Gasteiger charge is -2.13. The summed E-state index contributed by atoms with van der Waals surface area (Å²) in [6, 6.07) is 2.07. The van der Waals surface area contributed by atoms with Crippen LogP contribution in [0.5, 0.6) is 0 Å². The molecule has 0 bridgehead atoms. The molecule has 0 unspecified atom stereocenters. The van der Waals surface area contributed by atoms with Crippen LogP contribution < -0.4 is 5.56 Å². The maximum Gasteiger partial charge on any atom is 0.359 e. The third-order valence-electron chi connectivity index (χ3n) is 3.70. The lowest BCUT2D eigenvalue weighted by atomic mass is 9.94. The summed E-state index contributed by atoms with van der Waals surface area (Å²) in [6.45, 7) is 2.37. The summed E-state index contributed by atoms with van der Waals surface area (Å²) in [5.41, 5.74) is 2.68. The Balaban J connectivity index is 2.16. The van der Waals surface area contributed by atoms with E-state index in [-0.39, 0.29) is 17.9 Å². The quantitative estimate of drug-likeness (QED) is 0.808. The van der Waals surface area contributed by atoms with Crippen molar-refractivity contribution < 1.29 is 9.53 Å². The van der Waals surface area contributed by atoms with Gasteiger partial charge in [-0.05, 0) is 19.8 Å². The number of nitrogens with one attached hydrogen (secondary N) is 2. The molecule has 0 fully saturated rings. The van der Waals surface area contributed by atoms with E-state index < -0.39 is 5.97 Å². The van der Waals surface area contributed by atoms with Crippen LogP contribution in [0.3, 0.4) is 0 Å². The Bertz CT molecular complexity index is 821. The zero-order chi connectivity index (χ0) is 15.7. The maximum absolute atomic E-state index is 12.2. The van der Waals surface area contributed by atoms with Gasteiger partial charge in [-0.2, -0.15) is 10.4 Å². The summed E-state index contributed by atoms with van der Waals surface area (Å²) in [7, 11) is 0. The molecule has 0 spiro atoms. The van der Waals surface area contributed by atoms with Gasteiger partial charge in [0, 0.05) is 11.3 Å². The highest BCUT2D eigenvalue weighted by Gasteiger charge is 2.31. The van der Waals surface area contributed by atoms with Crippen LogP contribution in [0.4, 0.5) is 0 Å². The van der Waals surface area contributed by atoms with Gasteiger partial charge >= 0.3 is 5.97 Å². The minimum Gasteiger partial charge on any atom is -0.461 e. The highest BCUT2D eigenvalue weighted by Crippen LogP contribution is 2.33. The zero-order valence-corrected chi connectivity index (χ0v) is 12.1. The Kier molecular flexibility index (Phi) is 3.55. The van der Waals surface area contributed by atoms with Crippen molar-refractivity contribution in [2.45, 2.75) is 32.7 Å². The highest BCUT2D eigenvalue weighted by atomic mass is 16.5. The third-order valence-corrected chi connectivity index (χ3v) is 3.70. The van der Waals surface area contributed by atoms with E-state index in [0.717, 1.165) is 5.69 Å². The van der Waals surface area contributed by atoms with Crippen LogP contribution in [0.15, 0.2) is 4.79 Å². The van der Waals surface area contributed by atoms with E-state index in [9.17, 15) is 9.59 Å². The molecule has 2 aromatic heterocycles. The van der Waals surface area contributed by atoms with Crippen molar-refractivity contribution in [3.8, 4) is 17.3 Å². The van der Waals surface area contributed by atoms with Crippen molar-refractivity contribution in [3.63, 3.8) is 0 Å². The van der Waals surface area contributed by atoms with E-state index in [1.807, 2.05) is 0 Å². The molecule has 0 atom stereocenters. The molecule has 3 rings (SSSR count). The van der Waals surface area contributed by atoms with Crippen LogP contribution in [0.25, 0.3) is 11.3 Å². The van der Waals surface area contributed by atoms with Gasteiger partial charge in [0.15, 0.2) is 5.69 Å². The van der Waals surface area contributed by atoms with Crippen LogP contribution >= 0.6 is 0 Å². The molecule has 8 nitrogen and oxygen atoms in total. The summed E-state index contributed by atoms with van der Waals surface area (Å²) < 4.78 is 6.72. The Morgan fingerprint density at radius 2 is 2.27 bits per heavy atom. The van der Waals surface area contributed by atoms with Crippen LogP contribution in [-0.2, 0) is 24.1 Å². The van der Waals surface area contributed by atoms with E-state index in [4.69, 9.17) is 10.00 Å². The van der Waals surface area contributed by atoms with Crippen molar-refractivity contribution in [2.24, 2.45) is 0 Å². The van der Waals surface area contributed by atoms with Gasteiger partial charge in [-0.3, -0.25) is 19.7 Å². The Labute approximate surface area is 125 Å². The molecule has 0 radical (unpaired) electrons. The number of nitriles is 1. The Hall–Kier alpha value is -2.82. The lowest BCUT2D eigenvalue weighted by molar-refractivity contribution is 0.0519. The van der Waals surface area contributed by atoms with Gasteiger partial charge in [0.05, 0.1) is 36.9 Å². The summed E-state index contributed by atoms with van der Waals surface area (Å²) in [5, 5.41) is 18.4. The van der Waals surface area contributed by atoms with Crippen molar-refractivity contribution >= 4 is 5.97 Å². The number of esters is 1. The van der Waals surface area contributed by atoms with E-state index in [2.05, 4.69) is 21.4 Å². The molecule has 2 heterocycles. The molecule has 1 aliphatic rings. The number of nitrogens with zero attached hydrogens (tertiary/aromatic N) is 3. The first-order chi connectivity index (χ1) is 10.7. The fraction of sp³-hybridized carbons (Fsp3) is 0.429. The van der Waals surface area contributed by atoms with E-state index in [0.29, 0.717) is 42.6 Å². The molecule has 0 aliphatic heterocycles. The second-order valence-corrected chi connectivity index (χ2v) is 4.95. The number of carbonyl (C=O) groups is 1. The van der Waals surface area contributed by atoms with Gasteiger partial charge in [0.1, 0.15) is 0 Å². The van der Waals surface area contributed by atoms with Crippen molar-refractivity contribution in [3.05, 3.63) is 27.3 Å². The summed E-state index contributed by atoms with van der Waals surface area (Å²) in [5.74, 6) is -0.524. The lowest BCUT2D eigenvalue weighted by Crippen LogP contribution is -2.14. The van der Waals surface area contributed by atoms with Gasteiger partial charge in [-0.1, -0.05) is 0 Å². The zero-order valence-electron chi connectivity index (χ0n) is 12.1. The van der Waals surface area contributed by atoms with E-state index in [1.54, 1.807) is 11.6 Å². The fourth-order valence-corrected chi connectivity index (χ4v) is 2.78. The van der Waals surface area contributed by atoms with Crippen LogP contribution in [-0.4, -0.2) is 32.6 Å². The Morgan fingerprint density at radius 1 is 1.45 bits per heavy atom. The second-order valence-electron chi connectivity index (χ2n) is 4.95. The molecular weight excluding hydrogens is 286 g/mol. The van der Waals surface area contributed by atoms with Crippen LogP contribution in [0, 0.1) is 11.3 Å². The van der Waals surface area contributed by atoms with Gasteiger partial charge in [-0.15, -0.1) is 0 Å². The maximum atomic E-state index is 12.2. The molecular formula is C14H15N5O3. The molecule has 8 heteroatoms. The van der Waals surface area contributed by atoms with Crippen molar-refractivity contribution in [1.82, 2.24) is 20.0 Å². The Morgan fingerprint density at radius 3 is 3.00 bits per heavy atom. The number of aryl methyl sites for hydroxylation is 1. The number of aromatic nitrogens is 4. The second kappa shape index (κ2) is 5.52. The molecule has 22 heavy (non-hydrogen) atoms. The number of aromatic amines is 2.